The molecule has 0 atom stereocenters. The Morgan fingerprint density at radius 1 is 1.58 bits per heavy atom. The Hall–Kier alpha value is -1.85. The highest BCUT2D eigenvalue weighted by Crippen LogP contribution is 2.04. The average molecular weight is 164 g/mol. The lowest BCUT2D eigenvalue weighted by Crippen LogP contribution is -1.94. The van der Waals surface area contributed by atoms with Crippen LogP contribution in [0, 0.1) is 6.92 Å². The molecule has 2 rings (SSSR count). The number of H-pyrrole nitrogens is 1. The van der Waals surface area contributed by atoms with E-state index in [-0.39, 0.29) is 0 Å². The van der Waals surface area contributed by atoms with Crippen molar-refractivity contribution in [2.75, 3.05) is 5.73 Å². The first-order valence-electron chi connectivity index (χ1n) is 3.46. The van der Waals surface area contributed by atoms with Gasteiger partial charge in [-0.15, -0.1) is 5.10 Å². The van der Waals surface area contributed by atoms with E-state index < -0.39 is 0 Å². The highest BCUT2D eigenvalue weighted by molar-refractivity contribution is 5.28. The predicted molar refractivity (Wildman–Crippen MR) is 42.7 cm³/mol. The number of nitrogens with two attached hydrogens (primary N) is 1. The van der Waals surface area contributed by atoms with Crippen molar-refractivity contribution in [2.24, 2.45) is 0 Å². The highest BCUT2D eigenvalue weighted by Gasteiger charge is 2.01. The molecule has 0 aliphatic heterocycles. The van der Waals surface area contributed by atoms with E-state index in [4.69, 9.17) is 5.73 Å². The number of aromatic amines is 1. The Morgan fingerprint density at radius 3 is 2.92 bits per heavy atom. The number of aromatic nitrogens is 5. The summed E-state index contributed by atoms with van der Waals surface area (Å²) in [5.41, 5.74) is 6.36. The first-order chi connectivity index (χ1) is 5.75. The van der Waals surface area contributed by atoms with Crippen LogP contribution < -0.4 is 5.73 Å². The van der Waals surface area contributed by atoms with Crippen LogP contribution in [0.1, 0.15) is 5.69 Å². The van der Waals surface area contributed by atoms with Gasteiger partial charge in [-0.25, -0.2) is 0 Å². The quantitative estimate of drug-likeness (QED) is 0.615. The Bertz CT molecular complexity index is 348. The molecule has 0 saturated heterocycles. The van der Waals surface area contributed by atoms with Gasteiger partial charge in [-0.3, -0.25) is 5.10 Å². The fourth-order valence-corrected chi connectivity index (χ4v) is 0.910. The molecule has 12 heavy (non-hydrogen) atoms. The Labute approximate surface area is 68.4 Å². The molecular formula is C6H8N6. The van der Waals surface area contributed by atoms with Gasteiger partial charge in [-0.1, -0.05) is 5.21 Å². The van der Waals surface area contributed by atoms with Gasteiger partial charge >= 0.3 is 0 Å². The maximum Gasteiger partial charge on any atom is 0.176 e. The van der Waals surface area contributed by atoms with E-state index in [1.54, 1.807) is 6.20 Å². The monoisotopic (exact) mass is 164 g/mol. The number of nitrogens with one attached hydrogen (secondary N) is 1. The molecule has 2 aromatic heterocycles. The number of aryl methyl sites for hydroxylation is 1. The van der Waals surface area contributed by atoms with Crippen molar-refractivity contribution in [3.8, 4) is 5.82 Å². The molecule has 6 heteroatoms. The molecule has 0 aliphatic carbocycles. The topological polar surface area (TPSA) is 85.4 Å². The molecule has 0 fully saturated rings. The van der Waals surface area contributed by atoms with Crippen LogP contribution in [0.2, 0.25) is 0 Å². The second kappa shape index (κ2) is 2.33. The van der Waals surface area contributed by atoms with E-state index in [1.807, 2.05) is 13.0 Å². The predicted octanol–water partition coefficient (Wildman–Crippen LogP) is -0.119. The lowest BCUT2D eigenvalue weighted by Gasteiger charge is -1.88. The fourth-order valence-electron chi connectivity index (χ4n) is 0.910. The minimum atomic E-state index is 0.385. The molecule has 3 N–H and O–H groups in total. The minimum absolute atomic E-state index is 0.385. The number of rotatable bonds is 1. The van der Waals surface area contributed by atoms with E-state index in [2.05, 4.69) is 20.5 Å². The lowest BCUT2D eigenvalue weighted by atomic mass is 10.5. The van der Waals surface area contributed by atoms with E-state index in [1.165, 1.54) is 4.68 Å². The van der Waals surface area contributed by atoms with Crippen molar-refractivity contribution in [3.63, 3.8) is 0 Å². The first kappa shape index (κ1) is 6.84. The fraction of sp³-hybridized carbons (Fsp3) is 0.167. The average Bonchev–Trinajstić information content (AvgIpc) is 2.58. The van der Waals surface area contributed by atoms with Gasteiger partial charge in [0.25, 0.3) is 0 Å². The summed E-state index contributed by atoms with van der Waals surface area (Å²) in [7, 11) is 0. The largest absolute Gasteiger partial charge is 0.381 e. The van der Waals surface area contributed by atoms with Crippen LogP contribution in [0.15, 0.2) is 12.3 Å². The molecule has 6 nitrogen and oxygen atoms in total. The third kappa shape index (κ3) is 1.03. The number of hydrogen-bond acceptors (Lipinski definition) is 4. The molecule has 0 amide bonds. The van der Waals surface area contributed by atoms with Gasteiger partial charge in [-0.05, 0) is 6.92 Å². The Kier molecular flexibility index (Phi) is 1.33. The van der Waals surface area contributed by atoms with E-state index in [0.29, 0.717) is 11.6 Å². The van der Waals surface area contributed by atoms with Crippen LogP contribution in [0.3, 0.4) is 0 Å². The maximum atomic E-state index is 5.39. The molecule has 0 bridgehead atoms. The van der Waals surface area contributed by atoms with Gasteiger partial charge in [-0.2, -0.15) is 9.78 Å². The second-order valence-electron chi connectivity index (χ2n) is 2.50. The smallest absolute Gasteiger partial charge is 0.176 e. The number of hydrogen-bond donors (Lipinski definition) is 2. The zero-order chi connectivity index (χ0) is 8.55. The standard InChI is InChI=1S/C6H8N6/c1-4-2-6(10-8-4)12-3-5(7)9-11-12/h2-3H,7H2,1H3,(H,8,10). The first-order valence-corrected chi connectivity index (χ1v) is 3.46. The molecule has 0 aliphatic rings. The normalized spacial score (nSPS) is 10.4. The van der Waals surface area contributed by atoms with E-state index >= 15 is 0 Å². The molecule has 0 radical (unpaired) electrons. The summed E-state index contributed by atoms with van der Waals surface area (Å²) in [4.78, 5) is 0. The van der Waals surface area contributed by atoms with E-state index in [0.717, 1.165) is 5.69 Å². The molecule has 0 unspecified atom stereocenters. The summed E-state index contributed by atoms with van der Waals surface area (Å²) in [6.45, 7) is 1.91. The number of anilines is 1. The Balaban J connectivity index is 2.43. The van der Waals surface area contributed by atoms with Gasteiger partial charge in [0.05, 0.1) is 6.20 Å². The molecular weight excluding hydrogens is 156 g/mol. The molecule has 62 valence electrons. The molecule has 2 aromatic rings. The zero-order valence-electron chi connectivity index (χ0n) is 6.52. The van der Waals surface area contributed by atoms with Crippen molar-refractivity contribution in [1.82, 2.24) is 25.2 Å². The summed E-state index contributed by atoms with van der Waals surface area (Å²) in [6.07, 6.45) is 1.61. The summed E-state index contributed by atoms with van der Waals surface area (Å²) < 4.78 is 1.51. The third-order valence-corrected chi connectivity index (χ3v) is 1.44. The van der Waals surface area contributed by atoms with Gasteiger partial charge in [0.15, 0.2) is 11.6 Å². The summed E-state index contributed by atoms with van der Waals surface area (Å²) in [6, 6.07) is 1.86. The minimum Gasteiger partial charge on any atom is -0.381 e. The maximum absolute atomic E-state index is 5.39. The SMILES string of the molecule is Cc1cc(-n2cc(N)nn2)n[nH]1. The van der Waals surface area contributed by atoms with Crippen molar-refractivity contribution in [2.45, 2.75) is 6.92 Å². The number of nitrogen functional groups attached to an aromatic ring is 1. The van der Waals surface area contributed by atoms with Gasteiger partial charge in [0.1, 0.15) is 0 Å². The zero-order valence-corrected chi connectivity index (χ0v) is 6.52. The van der Waals surface area contributed by atoms with Crippen LogP contribution in [0.5, 0.6) is 0 Å². The summed E-state index contributed by atoms with van der Waals surface area (Å²) in [5.74, 6) is 1.08. The third-order valence-electron chi connectivity index (χ3n) is 1.44. The molecule has 2 heterocycles. The summed E-state index contributed by atoms with van der Waals surface area (Å²) >= 11 is 0. The highest BCUT2D eigenvalue weighted by atomic mass is 15.5. The van der Waals surface area contributed by atoms with Gasteiger partial charge < -0.3 is 5.73 Å². The lowest BCUT2D eigenvalue weighted by molar-refractivity contribution is 0.776. The Morgan fingerprint density at radius 2 is 2.42 bits per heavy atom. The van der Waals surface area contributed by atoms with Crippen molar-refractivity contribution in [3.05, 3.63) is 18.0 Å². The van der Waals surface area contributed by atoms with Gasteiger partial charge in [0.2, 0.25) is 0 Å². The van der Waals surface area contributed by atoms with Crippen LogP contribution in [0.25, 0.3) is 5.82 Å². The van der Waals surface area contributed by atoms with Crippen LogP contribution in [-0.2, 0) is 0 Å². The molecule has 0 spiro atoms. The van der Waals surface area contributed by atoms with Crippen molar-refractivity contribution in [1.29, 1.82) is 0 Å². The van der Waals surface area contributed by atoms with Crippen LogP contribution in [-0.4, -0.2) is 25.2 Å². The molecule has 0 saturated carbocycles. The molecule has 0 aromatic carbocycles. The van der Waals surface area contributed by atoms with Gasteiger partial charge in [0, 0.05) is 11.8 Å². The summed E-state index contributed by atoms with van der Waals surface area (Å²) in [5, 5.41) is 14.2. The van der Waals surface area contributed by atoms with E-state index in [9.17, 15) is 0 Å². The van der Waals surface area contributed by atoms with Crippen molar-refractivity contribution >= 4 is 5.82 Å². The van der Waals surface area contributed by atoms with Crippen LogP contribution >= 0.6 is 0 Å². The van der Waals surface area contributed by atoms with Crippen LogP contribution in [0.4, 0.5) is 5.82 Å². The van der Waals surface area contributed by atoms with Crippen molar-refractivity contribution < 1.29 is 0 Å². The number of nitrogens with zero attached hydrogens (tertiary/aromatic N) is 4. The second-order valence-corrected chi connectivity index (χ2v) is 2.50.